The Bertz CT molecular complexity index is 1470. The Kier molecular flexibility index (Phi) is 11.9. The lowest BCUT2D eigenvalue weighted by atomic mass is 10.1. The van der Waals surface area contributed by atoms with Gasteiger partial charge in [-0.2, -0.15) is 0 Å². The molecular formula is C30H34Cl3N3O4S. The molecule has 0 radical (unpaired) electrons. The zero-order valence-corrected chi connectivity index (χ0v) is 26.3. The number of nitrogens with one attached hydrogen (secondary N) is 1. The van der Waals surface area contributed by atoms with Crippen LogP contribution in [0.5, 0.6) is 0 Å². The molecule has 7 nitrogen and oxygen atoms in total. The number of carbonyl (C=O) groups is 2. The molecule has 1 atom stereocenters. The molecule has 1 unspecified atom stereocenters. The second kappa shape index (κ2) is 14.9. The molecule has 41 heavy (non-hydrogen) atoms. The molecule has 0 spiro atoms. The first-order chi connectivity index (χ1) is 19.5. The van der Waals surface area contributed by atoms with Crippen LogP contribution in [0, 0.1) is 6.92 Å². The number of amides is 2. The van der Waals surface area contributed by atoms with E-state index in [9.17, 15) is 18.0 Å². The molecule has 0 bridgehead atoms. The molecule has 3 aromatic carbocycles. The van der Waals surface area contributed by atoms with Gasteiger partial charge in [0.1, 0.15) is 12.6 Å². The minimum Gasteiger partial charge on any atom is -0.354 e. The van der Waals surface area contributed by atoms with Crippen LogP contribution < -0.4 is 9.62 Å². The summed E-state index contributed by atoms with van der Waals surface area (Å²) in [5.74, 6) is -0.900. The highest BCUT2D eigenvalue weighted by Crippen LogP contribution is 2.31. The maximum Gasteiger partial charge on any atom is 0.264 e. The van der Waals surface area contributed by atoms with Gasteiger partial charge in [0.25, 0.3) is 10.0 Å². The maximum absolute atomic E-state index is 14.2. The summed E-state index contributed by atoms with van der Waals surface area (Å²) in [6.45, 7) is 5.38. The molecule has 220 valence electrons. The summed E-state index contributed by atoms with van der Waals surface area (Å²) < 4.78 is 28.9. The van der Waals surface area contributed by atoms with Gasteiger partial charge in [-0.15, -0.1) is 0 Å². The second-order valence-electron chi connectivity index (χ2n) is 9.53. The van der Waals surface area contributed by atoms with Crippen molar-refractivity contribution in [2.75, 3.05) is 17.4 Å². The number of carbonyl (C=O) groups excluding carboxylic acids is 2. The minimum atomic E-state index is -4.20. The summed E-state index contributed by atoms with van der Waals surface area (Å²) in [4.78, 5) is 28.8. The molecular weight excluding hydrogens is 605 g/mol. The fourth-order valence-electron chi connectivity index (χ4n) is 4.36. The SMILES string of the molecule is CCCCNC(=O)C(CC)N(Cc1ccc(Cl)cc1Cl)C(=O)CN(c1cccc(Cl)c1C)S(=O)(=O)c1ccccc1. The molecule has 1 N–H and O–H groups in total. The highest BCUT2D eigenvalue weighted by atomic mass is 35.5. The van der Waals surface area contributed by atoms with Gasteiger partial charge in [0.2, 0.25) is 11.8 Å². The Hall–Kier alpha value is -2.78. The number of nitrogens with zero attached hydrogens (tertiary/aromatic N) is 2. The molecule has 11 heteroatoms. The van der Waals surface area contributed by atoms with Crippen LogP contribution >= 0.6 is 34.8 Å². The standard InChI is InChI=1S/C30H34Cl3N3O4S/c1-4-6-17-34-30(38)27(5-2)35(19-22-15-16-23(31)18-26(22)33)29(37)20-36(28-14-10-13-25(32)21(28)3)41(39,40)24-11-8-7-9-12-24/h7-16,18,27H,4-6,17,19-20H2,1-3H3,(H,34,38). The maximum atomic E-state index is 14.2. The fraction of sp³-hybridized carbons (Fsp3) is 0.333. The van der Waals surface area contributed by atoms with Crippen molar-refractivity contribution >= 4 is 62.3 Å². The normalized spacial score (nSPS) is 12.0. The van der Waals surface area contributed by atoms with E-state index in [-0.39, 0.29) is 23.0 Å². The van der Waals surface area contributed by atoms with E-state index in [2.05, 4.69) is 5.32 Å². The first-order valence-electron chi connectivity index (χ1n) is 13.3. The lowest BCUT2D eigenvalue weighted by Crippen LogP contribution is -2.52. The number of anilines is 1. The van der Waals surface area contributed by atoms with Gasteiger partial charge in [0.05, 0.1) is 10.6 Å². The molecule has 0 aliphatic carbocycles. The number of rotatable bonds is 13. The van der Waals surface area contributed by atoms with Crippen molar-refractivity contribution < 1.29 is 18.0 Å². The van der Waals surface area contributed by atoms with Crippen LogP contribution in [0.2, 0.25) is 15.1 Å². The molecule has 3 rings (SSSR count). The Morgan fingerprint density at radius 2 is 1.63 bits per heavy atom. The van der Waals surface area contributed by atoms with E-state index in [4.69, 9.17) is 34.8 Å². The van der Waals surface area contributed by atoms with Crippen molar-refractivity contribution in [2.24, 2.45) is 0 Å². The summed E-state index contributed by atoms with van der Waals surface area (Å²) in [5, 5.41) is 4.02. The summed E-state index contributed by atoms with van der Waals surface area (Å²) in [6.07, 6.45) is 1.98. The van der Waals surface area contributed by atoms with Crippen LogP contribution in [0.4, 0.5) is 5.69 Å². The van der Waals surface area contributed by atoms with E-state index in [1.165, 1.54) is 17.0 Å². The highest BCUT2D eigenvalue weighted by Gasteiger charge is 2.34. The van der Waals surface area contributed by atoms with Crippen LogP contribution in [-0.4, -0.2) is 44.3 Å². The first kappa shape index (κ1) is 32.7. The second-order valence-corrected chi connectivity index (χ2v) is 12.6. The Balaban J connectivity index is 2.09. The summed E-state index contributed by atoms with van der Waals surface area (Å²) in [7, 11) is -4.20. The largest absolute Gasteiger partial charge is 0.354 e. The predicted molar refractivity (Wildman–Crippen MR) is 166 cm³/mol. The van der Waals surface area contributed by atoms with Gasteiger partial charge in [0, 0.05) is 28.2 Å². The van der Waals surface area contributed by atoms with E-state index in [1.807, 2.05) is 6.92 Å². The number of benzene rings is 3. The lowest BCUT2D eigenvalue weighted by molar-refractivity contribution is -0.140. The summed E-state index contributed by atoms with van der Waals surface area (Å²) in [6, 6.07) is 16.8. The Labute approximate surface area is 257 Å². The molecule has 0 saturated carbocycles. The molecule has 0 aromatic heterocycles. The van der Waals surface area contributed by atoms with Crippen molar-refractivity contribution in [3.05, 3.63) is 92.9 Å². The lowest BCUT2D eigenvalue weighted by Gasteiger charge is -2.33. The average Bonchev–Trinajstić information content (AvgIpc) is 2.95. The van der Waals surface area contributed by atoms with Crippen molar-refractivity contribution in [1.29, 1.82) is 0 Å². The quantitative estimate of drug-likeness (QED) is 0.207. The molecule has 0 aliphatic heterocycles. The third-order valence-corrected chi connectivity index (χ3v) is 9.46. The Morgan fingerprint density at radius 1 is 0.927 bits per heavy atom. The fourth-order valence-corrected chi connectivity index (χ4v) is 6.49. The van der Waals surface area contributed by atoms with Crippen molar-refractivity contribution in [2.45, 2.75) is 57.5 Å². The predicted octanol–water partition coefficient (Wildman–Crippen LogP) is 6.87. The van der Waals surface area contributed by atoms with Crippen molar-refractivity contribution in [3.8, 4) is 0 Å². The summed E-state index contributed by atoms with van der Waals surface area (Å²) >= 11 is 18.9. The third kappa shape index (κ3) is 8.16. The zero-order valence-electron chi connectivity index (χ0n) is 23.2. The molecule has 0 aliphatic rings. The number of hydrogen-bond acceptors (Lipinski definition) is 4. The van der Waals surface area contributed by atoms with Crippen LogP contribution in [-0.2, 0) is 26.2 Å². The van der Waals surface area contributed by atoms with Gasteiger partial charge in [0.15, 0.2) is 0 Å². The van der Waals surface area contributed by atoms with Gasteiger partial charge in [-0.1, -0.05) is 85.4 Å². The smallest absolute Gasteiger partial charge is 0.264 e. The van der Waals surface area contributed by atoms with Gasteiger partial charge >= 0.3 is 0 Å². The van der Waals surface area contributed by atoms with E-state index in [0.717, 1.165) is 17.1 Å². The molecule has 0 heterocycles. The van der Waals surface area contributed by atoms with Crippen molar-refractivity contribution in [1.82, 2.24) is 10.2 Å². The van der Waals surface area contributed by atoms with Crippen LogP contribution in [0.25, 0.3) is 0 Å². The minimum absolute atomic E-state index is 0.0174. The number of sulfonamides is 1. The van der Waals surface area contributed by atoms with Crippen LogP contribution in [0.3, 0.4) is 0 Å². The van der Waals surface area contributed by atoms with E-state index in [0.29, 0.717) is 39.2 Å². The molecule has 0 saturated heterocycles. The van der Waals surface area contributed by atoms with E-state index in [1.54, 1.807) is 68.4 Å². The van der Waals surface area contributed by atoms with Gasteiger partial charge in [-0.05, 0) is 67.3 Å². The number of hydrogen-bond donors (Lipinski definition) is 1. The third-order valence-electron chi connectivity index (χ3n) is 6.69. The van der Waals surface area contributed by atoms with E-state index >= 15 is 0 Å². The Morgan fingerprint density at radius 3 is 2.27 bits per heavy atom. The number of halogens is 3. The van der Waals surface area contributed by atoms with Crippen LogP contribution in [0.1, 0.15) is 44.2 Å². The monoisotopic (exact) mass is 637 g/mol. The van der Waals surface area contributed by atoms with Crippen molar-refractivity contribution in [3.63, 3.8) is 0 Å². The topological polar surface area (TPSA) is 86.8 Å². The highest BCUT2D eigenvalue weighted by molar-refractivity contribution is 7.92. The number of unbranched alkanes of at least 4 members (excludes halogenated alkanes) is 1. The van der Waals surface area contributed by atoms with E-state index < -0.39 is 28.5 Å². The van der Waals surface area contributed by atoms with Gasteiger partial charge in [-0.3, -0.25) is 13.9 Å². The van der Waals surface area contributed by atoms with Crippen LogP contribution in [0.15, 0.2) is 71.6 Å². The average molecular weight is 639 g/mol. The first-order valence-corrected chi connectivity index (χ1v) is 15.9. The molecule has 3 aromatic rings. The van der Waals surface area contributed by atoms with Gasteiger partial charge < -0.3 is 10.2 Å². The summed E-state index contributed by atoms with van der Waals surface area (Å²) in [5.41, 5.74) is 1.33. The molecule has 2 amide bonds. The zero-order chi connectivity index (χ0) is 30.2. The van der Waals surface area contributed by atoms with Gasteiger partial charge in [-0.25, -0.2) is 8.42 Å². The molecule has 0 fully saturated rings.